The Hall–Kier alpha value is -2.30. The lowest BCUT2D eigenvalue weighted by Crippen LogP contribution is -2.28. The number of hydrogen-bond donors (Lipinski definition) is 3. The summed E-state index contributed by atoms with van der Waals surface area (Å²) >= 11 is 0. The standard InChI is InChI=1S/C12H14N4O/c1-9-2-4-10(5-3-9)16-12(17)14-7-11-6-13-8-15-11/h2-6,8H,7H2,1H3,(H,13,15)(H2,14,16,17). The fourth-order valence-corrected chi connectivity index (χ4v) is 1.37. The van der Waals surface area contributed by atoms with Gasteiger partial charge in [0, 0.05) is 11.9 Å². The van der Waals surface area contributed by atoms with Crippen LogP contribution in [0.4, 0.5) is 10.5 Å². The average molecular weight is 230 g/mol. The molecule has 88 valence electrons. The number of nitrogens with zero attached hydrogens (tertiary/aromatic N) is 1. The van der Waals surface area contributed by atoms with Gasteiger partial charge in [-0.15, -0.1) is 0 Å². The largest absolute Gasteiger partial charge is 0.347 e. The van der Waals surface area contributed by atoms with E-state index in [2.05, 4.69) is 20.6 Å². The van der Waals surface area contributed by atoms with E-state index in [0.29, 0.717) is 6.54 Å². The van der Waals surface area contributed by atoms with Crippen molar-refractivity contribution in [2.45, 2.75) is 13.5 Å². The van der Waals surface area contributed by atoms with Crippen LogP contribution in [-0.2, 0) is 6.54 Å². The van der Waals surface area contributed by atoms with Gasteiger partial charge in [0.05, 0.1) is 18.6 Å². The van der Waals surface area contributed by atoms with E-state index < -0.39 is 0 Å². The first-order valence-electron chi connectivity index (χ1n) is 5.33. The Morgan fingerprint density at radius 2 is 2.12 bits per heavy atom. The first-order chi connectivity index (χ1) is 8.24. The zero-order chi connectivity index (χ0) is 12.1. The van der Waals surface area contributed by atoms with E-state index in [1.54, 1.807) is 12.5 Å². The Bertz CT molecular complexity index is 476. The molecule has 3 N–H and O–H groups in total. The average Bonchev–Trinajstić information content (AvgIpc) is 2.83. The number of hydrogen-bond acceptors (Lipinski definition) is 2. The molecule has 2 amide bonds. The molecule has 5 nitrogen and oxygen atoms in total. The number of rotatable bonds is 3. The summed E-state index contributed by atoms with van der Waals surface area (Å²) in [5.74, 6) is 0. The molecule has 0 radical (unpaired) electrons. The highest BCUT2D eigenvalue weighted by Gasteiger charge is 2.01. The van der Waals surface area contributed by atoms with E-state index in [0.717, 1.165) is 16.9 Å². The van der Waals surface area contributed by atoms with Crippen LogP contribution in [0.3, 0.4) is 0 Å². The van der Waals surface area contributed by atoms with Gasteiger partial charge < -0.3 is 15.6 Å². The zero-order valence-corrected chi connectivity index (χ0v) is 9.53. The predicted octanol–water partition coefficient (Wildman–Crippen LogP) is 2.04. The first kappa shape index (κ1) is 11.2. The van der Waals surface area contributed by atoms with E-state index in [1.807, 2.05) is 31.2 Å². The summed E-state index contributed by atoms with van der Waals surface area (Å²) in [6, 6.07) is 7.40. The van der Waals surface area contributed by atoms with Crippen LogP contribution in [0.15, 0.2) is 36.8 Å². The number of urea groups is 1. The number of amides is 2. The Balaban J connectivity index is 1.83. The number of nitrogens with one attached hydrogen (secondary N) is 3. The van der Waals surface area contributed by atoms with Crippen molar-refractivity contribution in [1.82, 2.24) is 15.3 Å². The number of carbonyl (C=O) groups excluding carboxylic acids is 1. The molecular formula is C12H14N4O. The molecule has 0 unspecified atom stereocenters. The molecule has 2 rings (SSSR count). The molecule has 1 aromatic heterocycles. The number of anilines is 1. The topological polar surface area (TPSA) is 69.8 Å². The fraction of sp³-hybridized carbons (Fsp3) is 0.167. The lowest BCUT2D eigenvalue weighted by molar-refractivity contribution is 0.251. The highest BCUT2D eigenvalue weighted by molar-refractivity contribution is 5.89. The smallest absolute Gasteiger partial charge is 0.319 e. The molecule has 0 aliphatic carbocycles. The van der Waals surface area contributed by atoms with Gasteiger partial charge in [-0.2, -0.15) is 0 Å². The number of benzene rings is 1. The molecule has 0 saturated carbocycles. The highest BCUT2D eigenvalue weighted by atomic mass is 16.2. The lowest BCUT2D eigenvalue weighted by Gasteiger charge is -2.06. The van der Waals surface area contributed by atoms with Crippen LogP contribution in [-0.4, -0.2) is 16.0 Å². The van der Waals surface area contributed by atoms with Gasteiger partial charge in [0.2, 0.25) is 0 Å². The van der Waals surface area contributed by atoms with Crippen molar-refractivity contribution in [2.75, 3.05) is 5.32 Å². The van der Waals surface area contributed by atoms with Crippen molar-refractivity contribution in [2.24, 2.45) is 0 Å². The summed E-state index contributed by atoms with van der Waals surface area (Å²) < 4.78 is 0. The van der Waals surface area contributed by atoms with Crippen LogP contribution in [0, 0.1) is 6.92 Å². The molecule has 1 aromatic carbocycles. The van der Waals surface area contributed by atoms with Gasteiger partial charge in [-0.3, -0.25) is 0 Å². The van der Waals surface area contributed by atoms with E-state index >= 15 is 0 Å². The van der Waals surface area contributed by atoms with Crippen LogP contribution >= 0.6 is 0 Å². The SMILES string of the molecule is Cc1ccc(NC(=O)NCc2cnc[nH]2)cc1. The van der Waals surface area contributed by atoms with Crippen LogP contribution in [0.5, 0.6) is 0 Å². The summed E-state index contributed by atoms with van der Waals surface area (Å²) in [6.45, 7) is 2.43. The summed E-state index contributed by atoms with van der Waals surface area (Å²) in [5.41, 5.74) is 2.80. The maximum absolute atomic E-state index is 11.5. The van der Waals surface area contributed by atoms with E-state index in [-0.39, 0.29) is 6.03 Å². The summed E-state index contributed by atoms with van der Waals surface area (Å²) in [7, 11) is 0. The second-order valence-corrected chi connectivity index (χ2v) is 3.75. The molecular weight excluding hydrogens is 216 g/mol. The molecule has 2 aromatic rings. The minimum atomic E-state index is -0.233. The second-order valence-electron chi connectivity index (χ2n) is 3.75. The van der Waals surface area contributed by atoms with E-state index in [1.165, 1.54) is 0 Å². The van der Waals surface area contributed by atoms with Gasteiger partial charge in [-0.1, -0.05) is 17.7 Å². The van der Waals surface area contributed by atoms with Crippen LogP contribution in [0.1, 0.15) is 11.3 Å². The number of aromatic nitrogens is 2. The van der Waals surface area contributed by atoms with Crippen molar-refractivity contribution < 1.29 is 4.79 Å². The lowest BCUT2D eigenvalue weighted by atomic mass is 10.2. The third-order valence-corrected chi connectivity index (χ3v) is 2.30. The van der Waals surface area contributed by atoms with Crippen molar-refractivity contribution in [3.63, 3.8) is 0 Å². The van der Waals surface area contributed by atoms with Crippen molar-refractivity contribution in [3.05, 3.63) is 48.0 Å². The molecule has 0 bridgehead atoms. The first-order valence-corrected chi connectivity index (χ1v) is 5.33. The van der Waals surface area contributed by atoms with Crippen LogP contribution in [0.25, 0.3) is 0 Å². The minimum absolute atomic E-state index is 0.233. The Morgan fingerprint density at radius 3 is 2.76 bits per heavy atom. The molecule has 17 heavy (non-hydrogen) atoms. The molecule has 0 fully saturated rings. The maximum atomic E-state index is 11.5. The maximum Gasteiger partial charge on any atom is 0.319 e. The molecule has 1 heterocycles. The third kappa shape index (κ3) is 3.34. The predicted molar refractivity (Wildman–Crippen MR) is 65.6 cm³/mol. The van der Waals surface area contributed by atoms with Crippen molar-refractivity contribution >= 4 is 11.7 Å². The molecule has 0 aliphatic heterocycles. The zero-order valence-electron chi connectivity index (χ0n) is 9.53. The molecule has 0 atom stereocenters. The number of aromatic amines is 1. The minimum Gasteiger partial charge on any atom is -0.347 e. The molecule has 0 aliphatic rings. The Kier molecular flexibility index (Phi) is 3.40. The molecule has 5 heteroatoms. The highest BCUT2D eigenvalue weighted by Crippen LogP contribution is 2.08. The monoisotopic (exact) mass is 230 g/mol. The van der Waals surface area contributed by atoms with Crippen LogP contribution in [0.2, 0.25) is 0 Å². The van der Waals surface area contributed by atoms with E-state index in [4.69, 9.17) is 0 Å². The van der Waals surface area contributed by atoms with Gasteiger partial charge in [0.25, 0.3) is 0 Å². The summed E-state index contributed by atoms with van der Waals surface area (Å²) in [4.78, 5) is 18.3. The summed E-state index contributed by atoms with van der Waals surface area (Å²) in [6.07, 6.45) is 3.25. The molecule has 0 spiro atoms. The normalized spacial score (nSPS) is 9.94. The van der Waals surface area contributed by atoms with Gasteiger partial charge in [0.15, 0.2) is 0 Å². The quantitative estimate of drug-likeness (QED) is 0.755. The summed E-state index contributed by atoms with van der Waals surface area (Å²) in [5, 5.41) is 5.47. The number of H-pyrrole nitrogens is 1. The van der Waals surface area contributed by atoms with Crippen molar-refractivity contribution in [3.8, 4) is 0 Å². The Morgan fingerprint density at radius 1 is 1.35 bits per heavy atom. The van der Waals surface area contributed by atoms with Crippen LogP contribution < -0.4 is 10.6 Å². The van der Waals surface area contributed by atoms with Gasteiger partial charge >= 0.3 is 6.03 Å². The Labute approximate surface area is 99.3 Å². The van der Waals surface area contributed by atoms with Crippen molar-refractivity contribution in [1.29, 1.82) is 0 Å². The van der Waals surface area contributed by atoms with E-state index in [9.17, 15) is 4.79 Å². The number of imidazole rings is 1. The number of aryl methyl sites for hydroxylation is 1. The number of carbonyl (C=O) groups is 1. The van der Waals surface area contributed by atoms with Gasteiger partial charge in [-0.25, -0.2) is 9.78 Å². The fourth-order valence-electron chi connectivity index (χ4n) is 1.37. The third-order valence-electron chi connectivity index (χ3n) is 2.30. The van der Waals surface area contributed by atoms with Gasteiger partial charge in [0.1, 0.15) is 0 Å². The molecule has 0 saturated heterocycles. The second kappa shape index (κ2) is 5.16. The van der Waals surface area contributed by atoms with Gasteiger partial charge in [-0.05, 0) is 19.1 Å².